The van der Waals surface area contributed by atoms with Crippen LogP contribution in [0.1, 0.15) is 60.6 Å². The molecule has 1 aromatic heterocycles. The first-order valence-corrected chi connectivity index (χ1v) is 10.4. The van der Waals surface area contributed by atoms with E-state index < -0.39 is 17.6 Å². The van der Waals surface area contributed by atoms with Crippen molar-refractivity contribution in [2.45, 2.75) is 59.0 Å². The van der Waals surface area contributed by atoms with Gasteiger partial charge in [0.25, 0.3) is 11.5 Å². The van der Waals surface area contributed by atoms with Gasteiger partial charge >= 0.3 is 5.97 Å². The fourth-order valence-corrected chi connectivity index (χ4v) is 3.55. The SMILES string of the molecule is CC[C@@H](CNC(=O)[C@@H](C)OC(=O)CCc1c(C)[nH]c(=O)c(C#N)c1C)c1ccccc1. The summed E-state index contributed by atoms with van der Waals surface area (Å²) >= 11 is 0. The number of aromatic nitrogens is 1. The van der Waals surface area contributed by atoms with Gasteiger partial charge in [0.1, 0.15) is 11.6 Å². The number of nitriles is 1. The molecule has 2 atom stereocenters. The summed E-state index contributed by atoms with van der Waals surface area (Å²) in [5.74, 6) is -0.666. The second-order valence-electron chi connectivity index (χ2n) is 7.56. The smallest absolute Gasteiger partial charge is 0.306 e. The van der Waals surface area contributed by atoms with Gasteiger partial charge in [-0.3, -0.25) is 14.4 Å². The Kier molecular flexibility index (Phi) is 8.56. The van der Waals surface area contributed by atoms with Crippen molar-refractivity contribution < 1.29 is 14.3 Å². The first kappa shape index (κ1) is 23.9. The lowest BCUT2D eigenvalue weighted by molar-refractivity contribution is -0.154. The van der Waals surface area contributed by atoms with Crippen LogP contribution in [0.3, 0.4) is 0 Å². The Balaban J connectivity index is 1.89. The molecule has 0 aliphatic rings. The van der Waals surface area contributed by atoms with Crippen LogP contribution in [0, 0.1) is 25.2 Å². The lowest BCUT2D eigenvalue weighted by Gasteiger charge is -2.19. The minimum absolute atomic E-state index is 0.0395. The number of aryl methyl sites for hydroxylation is 1. The predicted molar refractivity (Wildman–Crippen MR) is 118 cm³/mol. The van der Waals surface area contributed by atoms with Crippen LogP contribution in [0.25, 0.3) is 0 Å². The van der Waals surface area contributed by atoms with Crippen LogP contribution in [0.5, 0.6) is 0 Å². The molecule has 0 saturated carbocycles. The van der Waals surface area contributed by atoms with Crippen LogP contribution < -0.4 is 10.9 Å². The molecule has 7 nitrogen and oxygen atoms in total. The summed E-state index contributed by atoms with van der Waals surface area (Å²) in [4.78, 5) is 39.1. The molecule has 0 aliphatic heterocycles. The molecule has 164 valence electrons. The molecular weight excluding hydrogens is 394 g/mol. The Bertz CT molecular complexity index is 1020. The molecule has 0 saturated heterocycles. The topological polar surface area (TPSA) is 112 Å². The van der Waals surface area contributed by atoms with Crippen LogP contribution in [0.2, 0.25) is 0 Å². The molecule has 1 heterocycles. The Morgan fingerprint density at radius 3 is 2.52 bits per heavy atom. The summed E-state index contributed by atoms with van der Waals surface area (Å²) in [6.45, 7) is 7.48. The number of esters is 1. The number of nitrogens with one attached hydrogen (secondary N) is 2. The highest BCUT2D eigenvalue weighted by atomic mass is 16.5. The monoisotopic (exact) mass is 423 g/mol. The zero-order valence-corrected chi connectivity index (χ0v) is 18.5. The lowest BCUT2D eigenvalue weighted by atomic mass is 9.96. The van der Waals surface area contributed by atoms with Gasteiger partial charge in [-0.25, -0.2) is 0 Å². The van der Waals surface area contributed by atoms with E-state index in [1.54, 1.807) is 20.8 Å². The number of rotatable bonds is 9. The molecule has 0 unspecified atom stereocenters. The summed E-state index contributed by atoms with van der Waals surface area (Å²) < 4.78 is 5.28. The zero-order valence-electron chi connectivity index (χ0n) is 18.5. The molecule has 2 aromatic rings. The Morgan fingerprint density at radius 1 is 1.23 bits per heavy atom. The third-order valence-corrected chi connectivity index (χ3v) is 5.46. The summed E-state index contributed by atoms with van der Waals surface area (Å²) in [5, 5.41) is 12.0. The van der Waals surface area contributed by atoms with Crippen molar-refractivity contribution in [3.8, 4) is 6.07 Å². The molecule has 2 rings (SSSR count). The average molecular weight is 424 g/mol. The number of ether oxygens (including phenoxy) is 1. The van der Waals surface area contributed by atoms with E-state index >= 15 is 0 Å². The average Bonchev–Trinajstić information content (AvgIpc) is 2.74. The molecule has 0 aliphatic carbocycles. The van der Waals surface area contributed by atoms with E-state index in [2.05, 4.69) is 17.2 Å². The van der Waals surface area contributed by atoms with Crippen molar-refractivity contribution in [2.24, 2.45) is 0 Å². The Morgan fingerprint density at radius 2 is 1.90 bits per heavy atom. The van der Waals surface area contributed by atoms with Crippen molar-refractivity contribution in [3.63, 3.8) is 0 Å². The number of nitrogens with zero attached hydrogens (tertiary/aromatic N) is 1. The number of benzene rings is 1. The summed E-state index contributed by atoms with van der Waals surface area (Å²) in [7, 11) is 0. The first-order chi connectivity index (χ1) is 14.8. The zero-order chi connectivity index (χ0) is 23.0. The van der Waals surface area contributed by atoms with Crippen LogP contribution in [0.15, 0.2) is 35.1 Å². The van der Waals surface area contributed by atoms with Crippen LogP contribution in [-0.4, -0.2) is 29.5 Å². The number of amides is 1. The molecule has 31 heavy (non-hydrogen) atoms. The van der Waals surface area contributed by atoms with E-state index in [9.17, 15) is 14.4 Å². The summed E-state index contributed by atoms with van der Waals surface area (Å²) in [6, 6.07) is 11.8. The van der Waals surface area contributed by atoms with Gasteiger partial charge in [0, 0.05) is 24.6 Å². The van der Waals surface area contributed by atoms with Crippen molar-refractivity contribution in [2.75, 3.05) is 6.54 Å². The molecule has 7 heteroatoms. The third kappa shape index (κ3) is 6.29. The van der Waals surface area contributed by atoms with Crippen LogP contribution in [-0.2, 0) is 20.7 Å². The maximum absolute atomic E-state index is 12.4. The highest BCUT2D eigenvalue weighted by Gasteiger charge is 2.20. The van der Waals surface area contributed by atoms with E-state index in [0.717, 1.165) is 17.5 Å². The van der Waals surface area contributed by atoms with Crippen molar-refractivity contribution in [3.05, 3.63) is 68.6 Å². The number of hydrogen-bond acceptors (Lipinski definition) is 5. The molecule has 1 amide bonds. The molecule has 2 N–H and O–H groups in total. The van der Waals surface area contributed by atoms with Gasteiger partial charge in [0.05, 0.1) is 0 Å². The minimum Gasteiger partial charge on any atom is -0.453 e. The maximum Gasteiger partial charge on any atom is 0.306 e. The van der Waals surface area contributed by atoms with Crippen LogP contribution >= 0.6 is 0 Å². The number of carbonyl (C=O) groups excluding carboxylic acids is 2. The molecule has 1 aromatic carbocycles. The summed E-state index contributed by atoms with van der Waals surface area (Å²) in [5.41, 5.74) is 2.68. The third-order valence-electron chi connectivity index (χ3n) is 5.46. The van der Waals surface area contributed by atoms with Gasteiger partial charge in [-0.15, -0.1) is 0 Å². The van der Waals surface area contributed by atoms with E-state index in [0.29, 0.717) is 24.2 Å². The second kappa shape index (κ2) is 11.1. The van der Waals surface area contributed by atoms with Gasteiger partial charge in [-0.05, 0) is 50.3 Å². The molecule has 0 radical (unpaired) electrons. The molecule has 0 bridgehead atoms. The number of aromatic amines is 1. The molecule has 0 spiro atoms. The van der Waals surface area contributed by atoms with Gasteiger partial charge in [-0.2, -0.15) is 5.26 Å². The second-order valence-corrected chi connectivity index (χ2v) is 7.56. The predicted octanol–water partition coefficient (Wildman–Crippen LogP) is 3.04. The van der Waals surface area contributed by atoms with E-state index in [4.69, 9.17) is 10.00 Å². The fourth-order valence-electron chi connectivity index (χ4n) is 3.55. The standard InChI is InChI=1S/C24H29N3O4/c1-5-18(19-9-7-6-8-10-19)14-26-23(29)17(4)31-22(28)12-11-20-15(2)21(13-25)24(30)27-16(20)3/h6-10,17-18H,5,11-12,14H2,1-4H3,(H,26,29)(H,27,30)/t17-,18+/m1/s1. The largest absolute Gasteiger partial charge is 0.453 e. The normalized spacial score (nSPS) is 12.5. The van der Waals surface area contributed by atoms with Gasteiger partial charge in [-0.1, -0.05) is 37.3 Å². The van der Waals surface area contributed by atoms with Crippen molar-refractivity contribution in [1.29, 1.82) is 5.26 Å². The van der Waals surface area contributed by atoms with Gasteiger partial charge in [0.2, 0.25) is 0 Å². The van der Waals surface area contributed by atoms with E-state index in [-0.39, 0.29) is 23.8 Å². The quantitative estimate of drug-likeness (QED) is 0.602. The Labute approximate surface area is 182 Å². The number of hydrogen-bond donors (Lipinski definition) is 2. The lowest BCUT2D eigenvalue weighted by Crippen LogP contribution is -2.38. The Hall–Kier alpha value is -3.40. The minimum atomic E-state index is -0.909. The van der Waals surface area contributed by atoms with E-state index in [1.807, 2.05) is 36.4 Å². The fraction of sp³-hybridized carbons (Fsp3) is 0.417. The van der Waals surface area contributed by atoms with Crippen molar-refractivity contribution >= 4 is 11.9 Å². The molecular formula is C24H29N3O4. The maximum atomic E-state index is 12.4. The van der Waals surface area contributed by atoms with Crippen molar-refractivity contribution in [1.82, 2.24) is 10.3 Å². The number of carbonyl (C=O) groups is 2. The van der Waals surface area contributed by atoms with Gasteiger partial charge < -0.3 is 15.0 Å². The highest BCUT2D eigenvalue weighted by Crippen LogP contribution is 2.18. The molecule has 0 fully saturated rings. The number of H-pyrrole nitrogens is 1. The van der Waals surface area contributed by atoms with Gasteiger partial charge in [0.15, 0.2) is 6.10 Å². The highest BCUT2D eigenvalue weighted by molar-refractivity contribution is 5.83. The van der Waals surface area contributed by atoms with Crippen LogP contribution in [0.4, 0.5) is 0 Å². The summed E-state index contributed by atoms with van der Waals surface area (Å²) in [6.07, 6.45) is 0.314. The number of pyridine rings is 1. The first-order valence-electron chi connectivity index (χ1n) is 10.4. The van der Waals surface area contributed by atoms with E-state index in [1.165, 1.54) is 0 Å².